The first-order valence-corrected chi connectivity index (χ1v) is 5.83. The molecule has 1 saturated carbocycles. The Morgan fingerprint density at radius 3 is 2.87 bits per heavy atom. The topological polar surface area (TPSA) is 25.2 Å². The molecule has 1 heterocycles. The lowest BCUT2D eigenvalue weighted by Crippen LogP contribution is -2.38. The van der Waals surface area contributed by atoms with E-state index in [2.05, 4.69) is 32.3 Å². The van der Waals surface area contributed by atoms with E-state index < -0.39 is 0 Å². The maximum atomic E-state index is 5.21. The lowest BCUT2D eigenvalue weighted by Gasteiger charge is -2.41. The van der Waals surface area contributed by atoms with Crippen molar-refractivity contribution in [2.45, 2.75) is 45.1 Å². The Morgan fingerprint density at radius 2 is 2.27 bits per heavy atom. The van der Waals surface area contributed by atoms with Crippen molar-refractivity contribution < 1.29 is 4.42 Å². The second kappa shape index (κ2) is 4.01. The minimum Gasteiger partial charge on any atom is -0.472 e. The van der Waals surface area contributed by atoms with Gasteiger partial charge in [0.2, 0.25) is 0 Å². The van der Waals surface area contributed by atoms with Gasteiger partial charge in [-0.1, -0.05) is 13.8 Å². The molecule has 84 valence electrons. The highest BCUT2D eigenvalue weighted by molar-refractivity contribution is 5.17. The van der Waals surface area contributed by atoms with Crippen molar-refractivity contribution in [2.24, 2.45) is 5.41 Å². The first-order valence-electron chi connectivity index (χ1n) is 5.83. The van der Waals surface area contributed by atoms with Crippen molar-refractivity contribution in [3.63, 3.8) is 0 Å². The quantitative estimate of drug-likeness (QED) is 0.806. The Bertz CT molecular complexity index is 302. The molecule has 0 aromatic carbocycles. The van der Waals surface area contributed by atoms with Gasteiger partial charge in [-0.2, -0.15) is 0 Å². The molecule has 1 aliphatic rings. The number of nitrogens with one attached hydrogen (secondary N) is 1. The summed E-state index contributed by atoms with van der Waals surface area (Å²) in [6.07, 6.45) is 7.49. The fourth-order valence-corrected chi connectivity index (χ4v) is 2.76. The van der Waals surface area contributed by atoms with Crippen molar-refractivity contribution in [1.82, 2.24) is 5.32 Å². The standard InChI is InChI=1S/C13H21NO/c1-13(2)6-4-11(14-3)8-12(13)10-5-7-15-9-10/h5,7,9,11-12,14H,4,6,8H2,1-3H3. The molecule has 1 aromatic rings. The lowest BCUT2D eigenvalue weighted by atomic mass is 9.65. The van der Waals surface area contributed by atoms with Crippen LogP contribution in [0.1, 0.15) is 44.6 Å². The lowest BCUT2D eigenvalue weighted by molar-refractivity contribution is 0.171. The zero-order chi connectivity index (χ0) is 10.9. The van der Waals surface area contributed by atoms with Gasteiger partial charge in [-0.05, 0) is 49.3 Å². The zero-order valence-corrected chi connectivity index (χ0v) is 9.92. The summed E-state index contributed by atoms with van der Waals surface area (Å²) in [5.74, 6) is 0.627. The molecule has 2 rings (SSSR count). The van der Waals surface area contributed by atoms with E-state index >= 15 is 0 Å². The van der Waals surface area contributed by atoms with Crippen LogP contribution in [0.3, 0.4) is 0 Å². The third-order valence-electron chi connectivity index (χ3n) is 3.95. The summed E-state index contributed by atoms with van der Waals surface area (Å²) >= 11 is 0. The predicted molar refractivity (Wildman–Crippen MR) is 61.9 cm³/mol. The van der Waals surface area contributed by atoms with Gasteiger partial charge >= 0.3 is 0 Å². The third-order valence-corrected chi connectivity index (χ3v) is 3.95. The SMILES string of the molecule is CNC1CCC(C)(C)C(c2ccoc2)C1. The third kappa shape index (κ3) is 2.10. The minimum absolute atomic E-state index is 0.400. The van der Waals surface area contributed by atoms with E-state index in [1.807, 2.05) is 6.26 Å². The fraction of sp³-hybridized carbons (Fsp3) is 0.692. The van der Waals surface area contributed by atoms with Crippen LogP contribution >= 0.6 is 0 Å². The molecule has 1 N–H and O–H groups in total. The molecule has 1 fully saturated rings. The molecule has 1 aliphatic carbocycles. The molecular formula is C13H21NO. The van der Waals surface area contributed by atoms with E-state index in [9.17, 15) is 0 Å². The van der Waals surface area contributed by atoms with Gasteiger partial charge in [-0.25, -0.2) is 0 Å². The van der Waals surface area contributed by atoms with Gasteiger partial charge in [0.1, 0.15) is 0 Å². The van der Waals surface area contributed by atoms with Crippen LogP contribution in [0.5, 0.6) is 0 Å². The molecular weight excluding hydrogens is 186 g/mol. The van der Waals surface area contributed by atoms with Crippen LogP contribution in [0, 0.1) is 5.41 Å². The Balaban J connectivity index is 2.19. The normalized spacial score (nSPS) is 30.3. The summed E-state index contributed by atoms with van der Waals surface area (Å²) < 4.78 is 5.21. The van der Waals surface area contributed by atoms with Crippen molar-refractivity contribution >= 4 is 0 Å². The second-order valence-electron chi connectivity index (χ2n) is 5.36. The summed E-state index contributed by atoms with van der Waals surface area (Å²) in [6.45, 7) is 4.74. The van der Waals surface area contributed by atoms with Gasteiger partial charge in [0.05, 0.1) is 12.5 Å². The van der Waals surface area contributed by atoms with E-state index in [4.69, 9.17) is 4.42 Å². The molecule has 2 atom stereocenters. The number of hydrogen-bond donors (Lipinski definition) is 1. The van der Waals surface area contributed by atoms with Crippen LogP contribution < -0.4 is 5.32 Å². The summed E-state index contributed by atoms with van der Waals surface area (Å²) in [5.41, 5.74) is 1.76. The highest BCUT2D eigenvalue weighted by atomic mass is 16.3. The molecule has 2 unspecified atom stereocenters. The van der Waals surface area contributed by atoms with Crippen LogP contribution in [0.4, 0.5) is 0 Å². The van der Waals surface area contributed by atoms with Crippen LogP contribution in [0.2, 0.25) is 0 Å². The van der Waals surface area contributed by atoms with Gasteiger partial charge in [-0.3, -0.25) is 0 Å². The van der Waals surface area contributed by atoms with E-state index in [0.717, 1.165) is 0 Å². The predicted octanol–water partition coefficient (Wildman–Crippen LogP) is 3.16. The minimum atomic E-state index is 0.400. The largest absolute Gasteiger partial charge is 0.472 e. The summed E-state index contributed by atoms with van der Waals surface area (Å²) in [7, 11) is 2.06. The van der Waals surface area contributed by atoms with Crippen LogP contribution in [-0.2, 0) is 0 Å². The molecule has 0 spiro atoms. The van der Waals surface area contributed by atoms with E-state index in [0.29, 0.717) is 17.4 Å². The molecule has 15 heavy (non-hydrogen) atoms. The highest BCUT2D eigenvalue weighted by Gasteiger charge is 2.37. The maximum absolute atomic E-state index is 5.21. The van der Waals surface area contributed by atoms with E-state index in [1.54, 1.807) is 6.26 Å². The summed E-state index contributed by atoms with van der Waals surface area (Å²) in [4.78, 5) is 0. The van der Waals surface area contributed by atoms with Crippen LogP contribution in [0.15, 0.2) is 23.0 Å². The van der Waals surface area contributed by atoms with Crippen molar-refractivity contribution in [3.8, 4) is 0 Å². The smallest absolute Gasteiger partial charge is 0.0937 e. The van der Waals surface area contributed by atoms with Crippen molar-refractivity contribution in [2.75, 3.05) is 7.05 Å². The molecule has 0 radical (unpaired) electrons. The maximum Gasteiger partial charge on any atom is 0.0937 e. The van der Waals surface area contributed by atoms with Crippen LogP contribution in [-0.4, -0.2) is 13.1 Å². The Hall–Kier alpha value is -0.760. The first kappa shape index (κ1) is 10.7. The summed E-state index contributed by atoms with van der Waals surface area (Å²) in [6, 6.07) is 2.78. The molecule has 1 aromatic heterocycles. The highest BCUT2D eigenvalue weighted by Crippen LogP contribution is 2.46. The fourth-order valence-electron chi connectivity index (χ4n) is 2.76. The Labute approximate surface area is 92.1 Å². The van der Waals surface area contributed by atoms with Crippen LogP contribution in [0.25, 0.3) is 0 Å². The van der Waals surface area contributed by atoms with Gasteiger partial charge in [0, 0.05) is 6.04 Å². The van der Waals surface area contributed by atoms with Crippen molar-refractivity contribution in [1.29, 1.82) is 0 Å². The molecule has 0 aliphatic heterocycles. The van der Waals surface area contributed by atoms with Gasteiger partial charge in [-0.15, -0.1) is 0 Å². The average molecular weight is 207 g/mol. The average Bonchev–Trinajstić information content (AvgIpc) is 2.70. The van der Waals surface area contributed by atoms with Gasteiger partial charge in [0.15, 0.2) is 0 Å². The number of hydrogen-bond acceptors (Lipinski definition) is 2. The van der Waals surface area contributed by atoms with Crippen molar-refractivity contribution in [3.05, 3.63) is 24.2 Å². The Morgan fingerprint density at radius 1 is 1.47 bits per heavy atom. The molecule has 0 bridgehead atoms. The van der Waals surface area contributed by atoms with E-state index in [-0.39, 0.29) is 0 Å². The second-order valence-corrected chi connectivity index (χ2v) is 5.36. The Kier molecular flexibility index (Phi) is 2.87. The first-order chi connectivity index (χ1) is 7.13. The number of furan rings is 1. The zero-order valence-electron chi connectivity index (χ0n) is 9.92. The van der Waals surface area contributed by atoms with Gasteiger partial charge < -0.3 is 9.73 Å². The van der Waals surface area contributed by atoms with E-state index in [1.165, 1.54) is 24.8 Å². The molecule has 0 amide bonds. The molecule has 2 nitrogen and oxygen atoms in total. The molecule has 0 saturated heterocycles. The number of rotatable bonds is 2. The summed E-state index contributed by atoms with van der Waals surface area (Å²) in [5, 5.41) is 3.40. The molecule has 2 heteroatoms. The monoisotopic (exact) mass is 207 g/mol. The van der Waals surface area contributed by atoms with Gasteiger partial charge in [0.25, 0.3) is 0 Å².